The number of halogens is 1. The van der Waals surface area contributed by atoms with Gasteiger partial charge in [0, 0.05) is 18.4 Å². The molecule has 2 N–H and O–H groups in total. The molecule has 3 nitrogen and oxygen atoms in total. The fourth-order valence-electron chi connectivity index (χ4n) is 1.90. The van der Waals surface area contributed by atoms with E-state index >= 15 is 0 Å². The summed E-state index contributed by atoms with van der Waals surface area (Å²) in [6, 6.07) is 9.67. The summed E-state index contributed by atoms with van der Waals surface area (Å²) in [6.45, 7) is 2.63. The van der Waals surface area contributed by atoms with Gasteiger partial charge in [-0.1, -0.05) is 23.7 Å². The van der Waals surface area contributed by atoms with Crippen LogP contribution in [0.4, 0.5) is 0 Å². The Labute approximate surface area is 118 Å². The first-order valence-corrected chi connectivity index (χ1v) is 6.65. The maximum absolute atomic E-state index is 6.20. The van der Waals surface area contributed by atoms with Crippen molar-refractivity contribution < 1.29 is 4.74 Å². The standard InChI is InChI=1S/C15H17ClN2O/c1-2-19-13-5-3-11(4-6-13)15(17)9-12-7-8-18-10-14(12)16/h3-8,10,15H,2,9,17H2,1H3. The van der Waals surface area contributed by atoms with Crippen LogP contribution in [0, 0.1) is 0 Å². The molecular weight excluding hydrogens is 260 g/mol. The van der Waals surface area contributed by atoms with E-state index in [2.05, 4.69) is 4.98 Å². The third-order valence-corrected chi connectivity index (χ3v) is 3.26. The van der Waals surface area contributed by atoms with E-state index in [4.69, 9.17) is 22.1 Å². The normalized spacial score (nSPS) is 12.2. The van der Waals surface area contributed by atoms with Crippen LogP contribution < -0.4 is 10.5 Å². The van der Waals surface area contributed by atoms with Crippen molar-refractivity contribution in [2.75, 3.05) is 6.61 Å². The molecule has 0 bridgehead atoms. The molecule has 1 aromatic carbocycles. The van der Waals surface area contributed by atoms with Gasteiger partial charge in [-0.15, -0.1) is 0 Å². The Kier molecular flexibility index (Phi) is 4.77. The Bertz CT molecular complexity index is 528. The third-order valence-electron chi connectivity index (χ3n) is 2.92. The molecule has 1 aromatic heterocycles. The highest BCUT2D eigenvalue weighted by Gasteiger charge is 2.09. The summed E-state index contributed by atoms with van der Waals surface area (Å²) in [7, 11) is 0. The first kappa shape index (κ1) is 13.8. The molecular formula is C15H17ClN2O. The lowest BCUT2D eigenvalue weighted by Gasteiger charge is -2.13. The summed E-state index contributed by atoms with van der Waals surface area (Å²) < 4.78 is 5.41. The zero-order valence-electron chi connectivity index (χ0n) is 10.8. The minimum Gasteiger partial charge on any atom is -0.494 e. The number of nitrogens with zero attached hydrogens (tertiary/aromatic N) is 1. The van der Waals surface area contributed by atoms with Crippen molar-refractivity contribution in [1.29, 1.82) is 0 Å². The SMILES string of the molecule is CCOc1ccc(C(N)Cc2ccncc2Cl)cc1. The van der Waals surface area contributed by atoms with Gasteiger partial charge in [-0.2, -0.15) is 0 Å². The summed E-state index contributed by atoms with van der Waals surface area (Å²) in [6.07, 6.45) is 4.06. The molecule has 2 rings (SSSR count). The number of pyridine rings is 1. The fraction of sp³-hybridized carbons (Fsp3) is 0.267. The Morgan fingerprint density at radius 1 is 1.26 bits per heavy atom. The van der Waals surface area contributed by atoms with Crippen LogP contribution in [0.25, 0.3) is 0 Å². The molecule has 0 aliphatic heterocycles. The topological polar surface area (TPSA) is 48.1 Å². The van der Waals surface area contributed by atoms with Crippen LogP contribution >= 0.6 is 11.6 Å². The van der Waals surface area contributed by atoms with Crippen LogP contribution in [0.1, 0.15) is 24.1 Å². The highest BCUT2D eigenvalue weighted by molar-refractivity contribution is 6.31. The predicted octanol–water partition coefficient (Wildman–Crippen LogP) is 3.38. The first-order chi connectivity index (χ1) is 9.20. The number of nitrogens with two attached hydrogens (primary N) is 1. The van der Waals surface area contributed by atoms with Gasteiger partial charge in [0.15, 0.2) is 0 Å². The van der Waals surface area contributed by atoms with Crippen molar-refractivity contribution in [3.05, 3.63) is 58.9 Å². The first-order valence-electron chi connectivity index (χ1n) is 6.27. The van der Waals surface area contributed by atoms with E-state index in [1.54, 1.807) is 12.4 Å². The molecule has 0 saturated heterocycles. The van der Waals surface area contributed by atoms with Crippen molar-refractivity contribution >= 4 is 11.6 Å². The summed E-state index contributed by atoms with van der Waals surface area (Å²) in [5.74, 6) is 0.861. The number of hydrogen-bond donors (Lipinski definition) is 1. The minimum atomic E-state index is -0.0874. The summed E-state index contributed by atoms with van der Waals surface area (Å²) in [4.78, 5) is 3.97. The molecule has 0 saturated carbocycles. The lowest BCUT2D eigenvalue weighted by atomic mass is 10.0. The monoisotopic (exact) mass is 276 g/mol. The second-order valence-corrected chi connectivity index (χ2v) is 4.69. The zero-order chi connectivity index (χ0) is 13.7. The highest BCUT2D eigenvalue weighted by Crippen LogP contribution is 2.22. The van der Waals surface area contributed by atoms with E-state index in [-0.39, 0.29) is 6.04 Å². The minimum absolute atomic E-state index is 0.0874. The van der Waals surface area contributed by atoms with Gasteiger partial charge in [-0.05, 0) is 42.7 Å². The molecule has 1 unspecified atom stereocenters. The quantitative estimate of drug-likeness (QED) is 0.911. The number of benzene rings is 1. The molecule has 19 heavy (non-hydrogen) atoms. The fourth-order valence-corrected chi connectivity index (χ4v) is 2.10. The molecule has 4 heteroatoms. The molecule has 0 radical (unpaired) electrons. The Balaban J connectivity index is 2.07. The Hall–Kier alpha value is -1.58. The second kappa shape index (κ2) is 6.55. The van der Waals surface area contributed by atoms with Crippen molar-refractivity contribution in [3.8, 4) is 5.75 Å². The average Bonchev–Trinajstić information content (AvgIpc) is 2.42. The van der Waals surface area contributed by atoms with E-state index in [0.717, 1.165) is 16.9 Å². The maximum Gasteiger partial charge on any atom is 0.119 e. The van der Waals surface area contributed by atoms with Crippen LogP contribution in [-0.4, -0.2) is 11.6 Å². The van der Waals surface area contributed by atoms with Gasteiger partial charge in [0.2, 0.25) is 0 Å². The van der Waals surface area contributed by atoms with E-state index in [1.807, 2.05) is 37.3 Å². The molecule has 100 valence electrons. The average molecular weight is 277 g/mol. The lowest BCUT2D eigenvalue weighted by molar-refractivity contribution is 0.340. The van der Waals surface area contributed by atoms with Crippen molar-refractivity contribution in [3.63, 3.8) is 0 Å². The Morgan fingerprint density at radius 2 is 2.00 bits per heavy atom. The van der Waals surface area contributed by atoms with Gasteiger partial charge >= 0.3 is 0 Å². The number of hydrogen-bond acceptors (Lipinski definition) is 3. The summed E-state index contributed by atoms with van der Waals surface area (Å²) in [5, 5.41) is 0.656. The second-order valence-electron chi connectivity index (χ2n) is 4.28. The molecule has 2 aromatic rings. The van der Waals surface area contributed by atoms with Crippen LogP contribution in [0.15, 0.2) is 42.7 Å². The molecule has 0 amide bonds. The van der Waals surface area contributed by atoms with Gasteiger partial charge in [0.1, 0.15) is 5.75 Å². The molecule has 0 fully saturated rings. The third kappa shape index (κ3) is 3.69. The van der Waals surface area contributed by atoms with E-state index in [9.17, 15) is 0 Å². The van der Waals surface area contributed by atoms with Crippen LogP contribution in [-0.2, 0) is 6.42 Å². The van der Waals surface area contributed by atoms with Gasteiger partial charge in [-0.25, -0.2) is 0 Å². The van der Waals surface area contributed by atoms with E-state index in [0.29, 0.717) is 18.1 Å². The molecule has 1 atom stereocenters. The number of ether oxygens (including phenoxy) is 1. The summed E-state index contributed by atoms with van der Waals surface area (Å²) in [5.41, 5.74) is 8.28. The molecule has 0 aliphatic carbocycles. The molecule has 1 heterocycles. The van der Waals surface area contributed by atoms with Gasteiger partial charge in [0.25, 0.3) is 0 Å². The largest absolute Gasteiger partial charge is 0.494 e. The van der Waals surface area contributed by atoms with Gasteiger partial charge in [-0.3, -0.25) is 4.98 Å². The van der Waals surface area contributed by atoms with Crippen molar-refractivity contribution in [1.82, 2.24) is 4.98 Å². The number of aromatic nitrogens is 1. The van der Waals surface area contributed by atoms with Gasteiger partial charge < -0.3 is 10.5 Å². The van der Waals surface area contributed by atoms with Gasteiger partial charge in [0.05, 0.1) is 11.6 Å². The molecule has 0 spiro atoms. The predicted molar refractivity (Wildman–Crippen MR) is 77.5 cm³/mol. The number of rotatable bonds is 5. The lowest BCUT2D eigenvalue weighted by Crippen LogP contribution is -2.13. The summed E-state index contributed by atoms with van der Waals surface area (Å²) >= 11 is 6.08. The van der Waals surface area contributed by atoms with E-state index in [1.165, 1.54) is 0 Å². The Morgan fingerprint density at radius 3 is 2.63 bits per heavy atom. The van der Waals surface area contributed by atoms with Crippen LogP contribution in [0.5, 0.6) is 5.75 Å². The van der Waals surface area contributed by atoms with E-state index < -0.39 is 0 Å². The van der Waals surface area contributed by atoms with Crippen LogP contribution in [0.3, 0.4) is 0 Å². The molecule has 0 aliphatic rings. The van der Waals surface area contributed by atoms with Crippen molar-refractivity contribution in [2.45, 2.75) is 19.4 Å². The van der Waals surface area contributed by atoms with Crippen molar-refractivity contribution in [2.24, 2.45) is 5.73 Å². The zero-order valence-corrected chi connectivity index (χ0v) is 11.6. The maximum atomic E-state index is 6.20. The van der Waals surface area contributed by atoms with Crippen LogP contribution in [0.2, 0.25) is 5.02 Å². The highest BCUT2D eigenvalue weighted by atomic mass is 35.5. The smallest absolute Gasteiger partial charge is 0.119 e.